The molecule has 2 aromatic heterocycles. The maximum absolute atomic E-state index is 12.6. The van der Waals surface area contributed by atoms with Crippen molar-refractivity contribution in [3.63, 3.8) is 0 Å². The average molecular weight is 419 g/mol. The van der Waals surface area contributed by atoms with Gasteiger partial charge in [-0.3, -0.25) is 0 Å². The van der Waals surface area contributed by atoms with E-state index in [0.29, 0.717) is 0 Å². The van der Waals surface area contributed by atoms with Crippen molar-refractivity contribution in [3.05, 3.63) is 21.9 Å². The van der Waals surface area contributed by atoms with Gasteiger partial charge in [-0.25, -0.2) is 4.79 Å². The number of hydrogen-bond donors (Lipinski definition) is 0. The SMILES string of the molecule is CCCc1cc2sc(C(=O)O[C@H]3CC[C@H]([C@H]4CC[C@H](CC)CC4)CC3)cc2s1. The van der Waals surface area contributed by atoms with E-state index in [2.05, 4.69) is 19.9 Å². The first-order chi connectivity index (χ1) is 13.7. The molecular weight excluding hydrogens is 384 g/mol. The number of carbonyl (C=O) groups is 1. The van der Waals surface area contributed by atoms with Crippen LogP contribution in [-0.2, 0) is 11.2 Å². The highest BCUT2D eigenvalue weighted by atomic mass is 32.1. The van der Waals surface area contributed by atoms with Crippen LogP contribution in [0.4, 0.5) is 0 Å². The van der Waals surface area contributed by atoms with Crippen molar-refractivity contribution in [1.29, 1.82) is 0 Å². The number of hydrogen-bond acceptors (Lipinski definition) is 4. The molecule has 2 heterocycles. The molecule has 0 aliphatic heterocycles. The summed E-state index contributed by atoms with van der Waals surface area (Å²) in [6.07, 6.45) is 14.1. The van der Waals surface area contributed by atoms with Gasteiger partial charge in [0, 0.05) is 14.3 Å². The highest BCUT2D eigenvalue weighted by molar-refractivity contribution is 7.28. The lowest BCUT2D eigenvalue weighted by Crippen LogP contribution is -2.29. The summed E-state index contributed by atoms with van der Waals surface area (Å²) in [5.41, 5.74) is 0. The Morgan fingerprint density at radius 3 is 2.18 bits per heavy atom. The Bertz CT molecular complexity index is 742. The first kappa shape index (κ1) is 20.4. The average Bonchev–Trinajstić information content (AvgIpc) is 3.28. The summed E-state index contributed by atoms with van der Waals surface area (Å²) in [6.45, 7) is 4.55. The Hall–Kier alpha value is -0.870. The molecule has 0 radical (unpaired) electrons. The fraction of sp³-hybridized carbons (Fsp3) is 0.708. The van der Waals surface area contributed by atoms with E-state index in [1.165, 1.54) is 65.6 Å². The van der Waals surface area contributed by atoms with Crippen molar-refractivity contribution in [2.75, 3.05) is 0 Å². The van der Waals surface area contributed by atoms with Crippen molar-refractivity contribution in [2.45, 2.75) is 90.6 Å². The summed E-state index contributed by atoms with van der Waals surface area (Å²) in [4.78, 5) is 14.8. The molecule has 28 heavy (non-hydrogen) atoms. The normalized spacial score (nSPS) is 28.5. The molecule has 0 N–H and O–H groups in total. The fourth-order valence-electron chi connectivity index (χ4n) is 5.31. The van der Waals surface area contributed by atoms with Gasteiger partial charge in [0.25, 0.3) is 0 Å². The quantitative estimate of drug-likeness (QED) is 0.446. The lowest BCUT2D eigenvalue weighted by atomic mass is 9.70. The van der Waals surface area contributed by atoms with Crippen molar-refractivity contribution < 1.29 is 9.53 Å². The highest BCUT2D eigenvalue weighted by Crippen LogP contribution is 2.41. The van der Waals surface area contributed by atoms with Crippen LogP contribution in [-0.4, -0.2) is 12.1 Å². The Kier molecular flexibility index (Phi) is 6.78. The largest absolute Gasteiger partial charge is 0.458 e. The zero-order chi connectivity index (χ0) is 19.5. The maximum atomic E-state index is 12.6. The summed E-state index contributed by atoms with van der Waals surface area (Å²) in [7, 11) is 0. The first-order valence-electron chi connectivity index (χ1n) is 11.4. The van der Waals surface area contributed by atoms with Crippen LogP contribution in [0.2, 0.25) is 0 Å². The van der Waals surface area contributed by atoms with Gasteiger partial charge < -0.3 is 4.74 Å². The number of fused-ring (bicyclic) bond motifs is 1. The number of rotatable bonds is 6. The number of carbonyl (C=O) groups excluding carboxylic acids is 1. The van der Waals surface area contributed by atoms with Gasteiger partial charge in [-0.15, -0.1) is 22.7 Å². The summed E-state index contributed by atoms with van der Waals surface area (Å²) in [5, 5.41) is 0. The van der Waals surface area contributed by atoms with E-state index in [1.807, 2.05) is 17.4 Å². The summed E-state index contributed by atoms with van der Waals surface area (Å²) < 4.78 is 8.39. The Morgan fingerprint density at radius 1 is 0.929 bits per heavy atom. The van der Waals surface area contributed by atoms with E-state index in [1.54, 1.807) is 11.3 Å². The van der Waals surface area contributed by atoms with Gasteiger partial charge in [-0.2, -0.15) is 0 Å². The number of thiophene rings is 2. The van der Waals surface area contributed by atoms with Crippen LogP contribution < -0.4 is 0 Å². The van der Waals surface area contributed by atoms with Crippen molar-refractivity contribution in [3.8, 4) is 0 Å². The molecule has 2 saturated carbocycles. The summed E-state index contributed by atoms with van der Waals surface area (Å²) in [5.74, 6) is 2.68. The molecule has 4 rings (SSSR count). The predicted molar refractivity (Wildman–Crippen MR) is 121 cm³/mol. The van der Waals surface area contributed by atoms with Crippen molar-refractivity contribution in [2.24, 2.45) is 17.8 Å². The summed E-state index contributed by atoms with van der Waals surface area (Å²) >= 11 is 3.43. The molecule has 0 saturated heterocycles. The molecule has 0 spiro atoms. The van der Waals surface area contributed by atoms with E-state index >= 15 is 0 Å². The molecule has 0 amide bonds. The second-order valence-corrected chi connectivity index (χ2v) is 11.2. The molecule has 0 unspecified atom stereocenters. The van der Waals surface area contributed by atoms with Gasteiger partial charge >= 0.3 is 5.97 Å². The van der Waals surface area contributed by atoms with Crippen LogP contribution >= 0.6 is 22.7 Å². The molecule has 0 atom stereocenters. The number of ether oxygens (including phenoxy) is 1. The second-order valence-electron chi connectivity index (χ2n) is 8.93. The molecule has 2 fully saturated rings. The van der Waals surface area contributed by atoms with E-state index < -0.39 is 0 Å². The zero-order valence-electron chi connectivity index (χ0n) is 17.4. The minimum Gasteiger partial charge on any atom is -0.458 e. The van der Waals surface area contributed by atoms with Gasteiger partial charge in [0.2, 0.25) is 0 Å². The third-order valence-corrected chi connectivity index (χ3v) is 9.42. The monoisotopic (exact) mass is 418 g/mol. The Morgan fingerprint density at radius 2 is 1.57 bits per heavy atom. The molecular formula is C24H34O2S2. The lowest BCUT2D eigenvalue weighted by molar-refractivity contribution is 0.0115. The third kappa shape index (κ3) is 4.64. The van der Waals surface area contributed by atoms with E-state index in [-0.39, 0.29) is 12.1 Å². The molecule has 2 nitrogen and oxygen atoms in total. The van der Waals surface area contributed by atoms with Gasteiger partial charge in [0.05, 0.1) is 0 Å². The highest BCUT2D eigenvalue weighted by Gasteiger charge is 2.32. The van der Waals surface area contributed by atoms with Crippen LogP contribution in [0.25, 0.3) is 9.40 Å². The van der Waals surface area contributed by atoms with Crippen LogP contribution in [0.15, 0.2) is 12.1 Å². The first-order valence-corrected chi connectivity index (χ1v) is 13.0. The molecule has 0 bridgehead atoms. The molecule has 2 aromatic rings. The molecule has 154 valence electrons. The van der Waals surface area contributed by atoms with E-state index in [4.69, 9.17) is 4.74 Å². The molecule has 0 aromatic carbocycles. The third-order valence-electron chi connectivity index (χ3n) is 7.08. The van der Waals surface area contributed by atoms with Crippen LogP contribution in [0.5, 0.6) is 0 Å². The van der Waals surface area contributed by atoms with Crippen LogP contribution in [0.3, 0.4) is 0 Å². The zero-order valence-corrected chi connectivity index (χ0v) is 19.0. The van der Waals surface area contributed by atoms with Gasteiger partial charge in [-0.1, -0.05) is 39.5 Å². The van der Waals surface area contributed by atoms with Gasteiger partial charge in [0.15, 0.2) is 0 Å². The minimum atomic E-state index is -0.0997. The lowest BCUT2D eigenvalue weighted by Gasteiger charge is -2.37. The van der Waals surface area contributed by atoms with Crippen LogP contribution in [0.1, 0.15) is 92.6 Å². The summed E-state index contributed by atoms with van der Waals surface area (Å²) in [6, 6.07) is 4.30. The predicted octanol–water partition coefficient (Wildman–Crippen LogP) is 7.85. The fourth-order valence-corrected chi connectivity index (χ4v) is 7.72. The smallest absolute Gasteiger partial charge is 0.348 e. The molecule has 2 aliphatic rings. The Balaban J connectivity index is 1.26. The van der Waals surface area contributed by atoms with E-state index in [9.17, 15) is 4.79 Å². The van der Waals surface area contributed by atoms with Crippen molar-refractivity contribution in [1.82, 2.24) is 0 Å². The van der Waals surface area contributed by atoms with E-state index in [0.717, 1.165) is 41.9 Å². The maximum Gasteiger partial charge on any atom is 0.348 e. The van der Waals surface area contributed by atoms with Crippen LogP contribution in [0, 0.1) is 17.8 Å². The van der Waals surface area contributed by atoms with Gasteiger partial charge in [0.1, 0.15) is 11.0 Å². The molecule has 2 aliphatic carbocycles. The number of aryl methyl sites for hydroxylation is 1. The van der Waals surface area contributed by atoms with Gasteiger partial charge in [-0.05, 0) is 74.8 Å². The second kappa shape index (κ2) is 9.30. The topological polar surface area (TPSA) is 26.3 Å². The number of esters is 1. The molecule has 4 heteroatoms. The van der Waals surface area contributed by atoms with Crippen molar-refractivity contribution >= 4 is 38.0 Å². The Labute approximate surface area is 177 Å². The minimum absolute atomic E-state index is 0.0997. The standard InChI is InChI=1S/C24H34O2S2/c1-3-5-20-14-21-22(27-20)15-23(28-21)24(25)26-19-12-10-18(11-13-19)17-8-6-16(4-2)7-9-17/h14-19H,3-13H2,1-2H3/t16-,17-,18-,19-.